The molecule has 3 aliphatic rings. The Morgan fingerprint density at radius 1 is 1.24 bits per heavy atom. The number of imidazole rings is 1. The van der Waals surface area contributed by atoms with Gasteiger partial charge in [-0.1, -0.05) is 0 Å². The van der Waals surface area contributed by atoms with E-state index >= 15 is 0 Å². The number of nitrogens with one attached hydrogen (secondary N) is 1. The molecule has 5 rings (SSSR count). The van der Waals surface area contributed by atoms with Crippen LogP contribution in [-0.4, -0.2) is 75.1 Å². The Hall–Kier alpha value is -1.85. The van der Waals surface area contributed by atoms with Gasteiger partial charge in [-0.3, -0.25) is 4.57 Å². The maximum Gasteiger partial charge on any atom is 0.167 e. The fourth-order valence-electron chi connectivity index (χ4n) is 4.41. The summed E-state index contributed by atoms with van der Waals surface area (Å²) >= 11 is 0. The van der Waals surface area contributed by atoms with Crippen molar-refractivity contribution in [2.45, 2.75) is 57.0 Å². The second-order valence-electron chi connectivity index (χ2n) is 8.32. The molecule has 29 heavy (non-hydrogen) atoms. The standard InChI is InChI=1S/C19H27N5O5/c1-19(2)28-14-12(7-25)27-18(15(14)29-19)24-10-23-13-16(21-9-22-17(13)24)20-6-11-4-3-5-26-8-11/h9-12,14-15,18,25H,3-8H2,1-2H3,(H,20,21,22)/t11?,12-,14-,15-,18-/m1/s1. The van der Waals surface area contributed by atoms with Crippen LogP contribution in [0.15, 0.2) is 12.7 Å². The van der Waals surface area contributed by atoms with E-state index in [4.69, 9.17) is 18.9 Å². The molecule has 3 aliphatic heterocycles. The minimum Gasteiger partial charge on any atom is -0.394 e. The van der Waals surface area contributed by atoms with Crippen molar-refractivity contribution in [1.29, 1.82) is 0 Å². The first-order valence-electron chi connectivity index (χ1n) is 10.2. The fraction of sp³-hybridized carbons (Fsp3) is 0.737. The lowest BCUT2D eigenvalue weighted by Gasteiger charge is -2.24. The quantitative estimate of drug-likeness (QED) is 0.754. The highest BCUT2D eigenvalue weighted by atomic mass is 16.8. The molecule has 0 aliphatic carbocycles. The largest absolute Gasteiger partial charge is 0.394 e. The smallest absolute Gasteiger partial charge is 0.167 e. The number of aliphatic hydroxyl groups excluding tert-OH is 1. The van der Waals surface area contributed by atoms with Gasteiger partial charge < -0.3 is 29.4 Å². The van der Waals surface area contributed by atoms with Gasteiger partial charge in [0.25, 0.3) is 0 Å². The third-order valence-corrected chi connectivity index (χ3v) is 5.75. The maximum atomic E-state index is 9.72. The first-order chi connectivity index (χ1) is 14.1. The molecule has 2 aromatic rings. The van der Waals surface area contributed by atoms with Crippen molar-refractivity contribution < 1.29 is 24.1 Å². The molecule has 3 saturated heterocycles. The Morgan fingerprint density at radius 2 is 2.10 bits per heavy atom. The number of hydrogen-bond donors (Lipinski definition) is 2. The molecular formula is C19H27N5O5. The minimum atomic E-state index is -0.731. The molecule has 0 radical (unpaired) electrons. The first-order valence-corrected chi connectivity index (χ1v) is 10.2. The van der Waals surface area contributed by atoms with Crippen LogP contribution in [0.5, 0.6) is 0 Å². The highest BCUT2D eigenvalue weighted by Gasteiger charge is 2.56. The number of ether oxygens (including phenoxy) is 4. The van der Waals surface area contributed by atoms with Crippen LogP contribution < -0.4 is 5.32 Å². The molecule has 2 aromatic heterocycles. The molecule has 5 heterocycles. The van der Waals surface area contributed by atoms with Gasteiger partial charge in [-0.25, -0.2) is 15.0 Å². The summed E-state index contributed by atoms with van der Waals surface area (Å²) in [6, 6.07) is 0. The summed E-state index contributed by atoms with van der Waals surface area (Å²) in [5, 5.41) is 13.1. The van der Waals surface area contributed by atoms with Gasteiger partial charge >= 0.3 is 0 Å². The molecule has 0 saturated carbocycles. The molecule has 0 spiro atoms. The molecule has 0 aromatic carbocycles. The second kappa shape index (κ2) is 7.44. The Labute approximate surface area is 168 Å². The van der Waals surface area contributed by atoms with Gasteiger partial charge in [-0.05, 0) is 32.6 Å². The lowest BCUT2D eigenvalue weighted by atomic mass is 10.0. The van der Waals surface area contributed by atoms with E-state index in [2.05, 4.69) is 20.3 Å². The summed E-state index contributed by atoms with van der Waals surface area (Å²) in [7, 11) is 0. The molecule has 1 unspecified atom stereocenters. The van der Waals surface area contributed by atoms with E-state index in [0.29, 0.717) is 22.9 Å². The van der Waals surface area contributed by atoms with Crippen LogP contribution >= 0.6 is 0 Å². The van der Waals surface area contributed by atoms with Crippen molar-refractivity contribution in [2.75, 3.05) is 31.7 Å². The second-order valence-corrected chi connectivity index (χ2v) is 8.32. The van der Waals surface area contributed by atoms with Crippen molar-refractivity contribution in [3.63, 3.8) is 0 Å². The zero-order valence-electron chi connectivity index (χ0n) is 16.7. The Kier molecular flexibility index (Phi) is 4.91. The summed E-state index contributed by atoms with van der Waals surface area (Å²) in [6.07, 6.45) is 3.79. The van der Waals surface area contributed by atoms with Gasteiger partial charge in [0.05, 0.1) is 19.5 Å². The van der Waals surface area contributed by atoms with Crippen molar-refractivity contribution in [1.82, 2.24) is 19.5 Å². The molecule has 10 nitrogen and oxygen atoms in total. The fourth-order valence-corrected chi connectivity index (χ4v) is 4.41. The third kappa shape index (κ3) is 3.49. The van der Waals surface area contributed by atoms with E-state index < -0.39 is 18.1 Å². The molecule has 3 fully saturated rings. The van der Waals surface area contributed by atoms with E-state index in [9.17, 15) is 5.11 Å². The van der Waals surface area contributed by atoms with Crippen LogP contribution in [0.3, 0.4) is 0 Å². The number of fused-ring (bicyclic) bond motifs is 2. The highest BCUT2D eigenvalue weighted by molar-refractivity contribution is 5.82. The van der Waals surface area contributed by atoms with Gasteiger partial charge in [0, 0.05) is 13.2 Å². The van der Waals surface area contributed by atoms with Crippen LogP contribution in [0.2, 0.25) is 0 Å². The maximum absolute atomic E-state index is 9.72. The van der Waals surface area contributed by atoms with Crippen LogP contribution in [0.25, 0.3) is 11.2 Å². The summed E-state index contributed by atoms with van der Waals surface area (Å²) in [5.74, 6) is 0.424. The Balaban J connectivity index is 1.40. The normalized spacial score (nSPS) is 33.8. The SMILES string of the molecule is CC1(C)O[C@@H]2[C@H](O1)[C@@H](CO)O[C@H]2n1cnc2c(NCC3CCCOC3)ncnc21. The van der Waals surface area contributed by atoms with E-state index in [1.165, 1.54) is 6.33 Å². The average Bonchev–Trinajstić information content (AvgIpc) is 3.37. The minimum absolute atomic E-state index is 0.144. The van der Waals surface area contributed by atoms with E-state index in [1.54, 1.807) is 6.33 Å². The van der Waals surface area contributed by atoms with Crippen molar-refractivity contribution in [2.24, 2.45) is 5.92 Å². The molecule has 0 bridgehead atoms. The number of nitrogens with zero attached hydrogens (tertiary/aromatic N) is 4. The zero-order valence-corrected chi connectivity index (χ0v) is 16.7. The van der Waals surface area contributed by atoms with Gasteiger partial charge in [0.1, 0.15) is 24.6 Å². The van der Waals surface area contributed by atoms with Gasteiger partial charge in [-0.15, -0.1) is 0 Å². The number of anilines is 1. The Morgan fingerprint density at radius 3 is 2.90 bits per heavy atom. The van der Waals surface area contributed by atoms with Crippen molar-refractivity contribution in [3.8, 4) is 0 Å². The van der Waals surface area contributed by atoms with Crippen molar-refractivity contribution in [3.05, 3.63) is 12.7 Å². The Bertz CT molecular complexity index is 868. The molecule has 158 valence electrons. The molecule has 5 atom stereocenters. The van der Waals surface area contributed by atoms with Crippen LogP contribution in [0, 0.1) is 5.92 Å². The van der Waals surface area contributed by atoms with Crippen molar-refractivity contribution >= 4 is 17.0 Å². The first kappa shape index (κ1) is 19.1. The topological polar surface area (TPSA) is 113 Å². The lowest BCUT2D eigenvalue weighted by Crippen LogP contribution is -2.31. The summed E-state index contributed by atoms with van der Waals surface area (Å²) in [5.41, 5.74) is 1.33. The van der Waals surface area contributed by atoms with E-state index in [-0.39, 0.29) is 18.8 Å². The molecule has 0 amide bonds. The number of hydrogen-bond acceptors (Lipinski definition) is 9. The predicted octanol–water partition coefficient (Wildman–Crippen LogP) is 1.07. The van der Waals surface area contributed by atoms with E-state index in [1.807, 2.05) is 18.4 Å². The highest BCUT2D eigenvalue weighted by Crippen LogP contribution is 2.43. The van der Waals surface area contributed by atoms with Gasteiger partial charge in [0.2, 0.25) is 0 Å². The summed E-state index contributed by atoms with van der Waals surface area (Å²) < 4.78 is 25.4. The summed E-state index contributed by atoms with van der Waals surface area (Å²) in [4.78, 5) is 13.3. The number of rotatable bonds is 5. The molecule has 2 N–H and O–H groups in total. The lowest BCUT2D eigenvalue weighted by molar-refractivity contribution is -0.199. The summed E-state index contributed by atoms with van der Waals surface area (Å²) in [6.45, 7) is 5.98. The molecular weight excluding hydrogens is 378 g/mol. The molecule has 10 heteroatoms. The van der Waals surface area contributed by atoms with Crippen LogP contribution in [-0.2, 0) is 18.9 Å². The zero-order chi connectivity index (χ0) is 20.0. The third-order valence-electron chi connectivity index (χ3n) is 5.75. The van der Waals surface area contributed by atoms with Gasteiger partial charge in [0.15, 0.2) is 29.0 Å². The van der Waals surface area contributed by atoms with Gasteiger partial charge in [-0.2, -0.15) is 0 Å². The predicted molar refractivity (Wildman–Crippen MR) is 102 cm³/mol. The number of aliphatic hydroxyl groups is 1. The average molecular weight is 405 g/mol. The van der Waals surface area contributed by atoms with Crippen LogP contribution in [0.1, 0.15) is 32.9 Å². The van der Waals surface area contributed by atoms with E-state index in [0.717, 1.165) is 32.6 Å². The monoisotopic (exact) mass is 405 g/mol. The number of aromatic nitrogens is 4. The van der Waals surface area contributed by atoms with Crippen LogP contribution in [0.4, 0.5) is 5.82 Å².